The molecular formula is C27H21FN2O4. The number of esters is 1. The first-order chi connectivity index (χ1) is 16.5. The predicted octanol–water partition coefficient (Wildman–Crippen LogP) is 4.23. The van der Waals surface area contributed by atoms with Gasteiger partial charge >= 0.3 is 5.97 Å². The van der Waals surface area contributed by atoms with Crippen LogP contribution in [-0.2, 0) is 16.1 Å². The number of aromatic nitrogens is 1. The predicted molar refractivity (Wildman–Crippen MR) is 126 cm³/mol. The number of ether oxygens (including phenoxy) is 1. The minimum Gasteiger partial charge on any atom is -0.444 e. The van der Waals surface area contributed by atoms with E-state index in [0.29, 0.717) is 29.6 Å². The maximum Gasteiger partial charge on any atom is 0.339 e. The lowest BCUT2D eigenvalue weighted by Crippen LogP contribution is -2.31. The summed E-state index contributed by atoms with van der Waals surface area (Å²) in [5.41, 5.74) is 3.02. The van der Waals surface area contributed by atoms with Gasteiger partial charge < -0.3 is 14.6 Å². The molecule has 0 bridgehead atoms. The van der Waals surface area contributed by atoms with Gasteiger partial charge in [-0.2, -0.15) is 0 Å². The van der Waals surface area contributed by atoms with E-state index in [-0.39, 0.29) is 12.1 Å². The molecule has 5 rings (SSSR count). The Kier molecular flexibility index (Phi) is 5.67. The summed E-state index contributed by atoms with van der Waals surface area (Å²) in [6.07, 6.45) is -0.566. The van der Waals surface area contributed by atoms with Crippen molar-refractivity contribution in [3.05, 3.63) is 106 Å². The van der Waals surface area contributed by atoms with Crippen LogP contribution in [0.2, 0.25) is 0 Å². The number of fused-ring (bicyclic) bond motifs is 2. The Morgan fingerprint density at radius 2 is 1.74 bits per heavy atom. The average Bonchev–Trinajstić information content (AvgIpc) is 3.19. The Morgan fingerprint density at radius 3 is 2.56 bits per heavy atom. The number of hydrogen-bond acceptors (Lipinski definition) is 4. The van der Waals surface area contributed by atoms with E-state index in [2.05, 4.69) is 5.32 Å². The minimum atomic E-state index is -1.01. The third-order valence-corrected chi connectivity index (χ3v) is 5.94. The summed E-state index contributed by atoms with van der Waals surface area (Å²) >= 11 is 0. The van der Waals surface area contributed by atoms with E-state index in [4.69, 9.17) is 4.74 Å². The number of carbonyl (C=O) groups excluding carboxylic acids is 2. The van der Waals surface area contributed by atoms with Crippen molar-refractivity contribution in [2.75, 3.05) is 6.54 Å². The molecule has 2 heterocycles. The standard InChI is InChI=1S/C27H21FN2O4/c28-20-10-7-18-9-12-24(31)30(23(18)16-20)14-4-13-29-26(32)25-21-11-8-19(15-22(21)27(33)34-25)17-5-2-1-3-6-17/h1-3,5-12,15-16,25H,4,13-14H2,(H,29,32). The highest BCUT2D eigenvalue weighted by atomic mass is 19.1. The van der Waals surface area contributed by atoms with Gasteiger partial charge in [0, 0.05) is 24.7 Å². The number of aryl methyl sites for hydroxylation is 1. The summed E-state index contributed by atoms with van der Waals surface area (Å²) in [6.45, 7) is 0.573. The van der Waals surface area contributed by atoms with Crippen LogP contribution < -0.4 is 10.9 Å². The molecule has 0 saturated heterocycles. The van der Waals surface area contributed by atoms with Crippen molar-refractivity contribution in [1.82, 2.24) is 9.88 Å². The number of hydrogen-bond donors (Lipinski definition) is 1. The number of cyclic esters (lactones) is 1. The number of benzene rings is 3. The van der Waals surface area contributed by atoms with Gasteiger partial charge in [-0.1, -0.05) is 42.5 Å². The first kappa shape index (κ1) is 21.6. The van der Waals surface area contributed by atoms with Crippen LogP contribution in [0, 0.1) is 5.82 Å². The smallest absolute Gasteiger partial charge is 0.339 e. The Labute approximate surface area is 194 Å². The highest BCUT2D eigenvalue weighted by Crippen LogP contribution is 2.34. The van der Waals surface area contributed by atoms with E-state index in [1.54, 1.807) is 24.3 Å². The second-order valence-corrected chi connectivity index (χ2v) is 8.12. The van der Waals surface area contributed by atoms with E-state index in [1.807, 2.05) is 36.4 Å². The molecule has 0 saturated carbocycles. The lowest BCUT2D eigenvalue weighted by molar-refractivity contribution is -0.129. The van der Waals surface area contributed by atoms with Crippen LogP contribution in [-0.4, -0.2) is 23.0 Å². The number of carbonyl (C=O) groups is 2. The van der Waals surface area contributed by atoms with Gasteiger partial charge in [0.15, 0.2) is 0 Å². The number of halogens is 1. The Balaban J connectivity index is 1.25. The molecule has 1 aliphatic rings. The molecule has 1 amide bonds. The van der Waals surface area contributed by atoms with Gasteiger partial charge in [0.05, 0.1) is 11.1 Å². The highest BCUT2D eigenvalue weighted by Gasteiger charge is 2.36. The minimum absolute atomic E-state index is 0.239. The van der Waals surface area contributed by atoms with E-state index in [0.717, 1.165) is 16.5 Å². The Bertz CT molecular complexity index is 1460. The van der Waals surface area contributed by atoms with Gasteiger partial charge in [-0.15, -0.1) is 0 Å². The lowest BCUT2D eigenvalue weighted by atomic mass is 9.98. The molecule has 0 fully saturated rings. The zero-order valence-electron chi connectivity index (χ0n) is 18.2. The zero-order valence-corrected chi connectivity index (χ0v) is 18.2. The molecule has 1 atom stereocenters. The largest absolute Gasteiger partial charge is 0.444 e. The summed E-state index contributed by atoms with van der Waals surface area (Å²) in [6, 6.07) is 22.4. The van der Waals surface area contributed by atoms with Crippen molar-refractivity contribution in [3.63, 3.8) is 0 Å². The molecule has 1 N–H and O–H groups in total. The average molecular weight is 456 g/mol. The van der Waals surface area contributed by atoms with Crippen LogP contribution in [0.25, 0.3) is 22.0 Å². The molecule has 4 aromatic rings. The van der Waals surface area contributed by atoms with E-state index in [1.165, 1.54) is 22.8 Å². The number of rotatable bonds is 6. The summed E-state index contributed by atoms with van der Waals surface area (Å²) in [5, 5.41) is 3.53. The first-order valence-corrected chi connectivity index (χ1v) is 11.0. The van der Waals surface area contributed by atoms with Crippen molar-refractivity contribution in [1.29, 1.82) is 0 Å². The van der Waals surface area contributed by atoms with Crippen LogP contribution in [0.15, 0.2) is 83.7 Å². The molecule has 0 spiro atoms. The van der Waals surface area contributed by atoms with Crippen molar-refractivity contribution in [2.45, 2.75) is 19.1 Å². The molecule has 7 heteroatoms. The van der Waals surface area contributed by atoms with E-state index in [9.17, 15) is 18.8 Å². The topological polar surface area (TPSA) is 77.4 Å². The number of pyridine rings is 1. The quantitative estimate of drug-likeness (QED) is 0.348. The van der Waals surface area contributed by atoms with Crippen LogP contribution in [0.3, 0.4) is 0 Å². The monoisotopic (exact) mass is 456 g/mol. The molecule has 0 radical (unpaired) electrons. The fourth-order valence-corrected chi connectivity index (χ4v) is 4.23. The molecule has 170 valence electrons. The van der Waals surface area contributed by atoms with Crippen LogP contribution >= 0.6 is 0 Å². The van der Waals surface area contributed by atoms with Gasteiger partial charge in [0.1, 0.15) is 5.82 Å². The maximum atomic E-state index is 13.7. The molecule has 34 heavy (non-hydrogen) atoms. The summed E-state index contributed by atoms with van der Waals surface area (Å²) in [5.74, 6) is -1.37. The van der Waals surface area contributed by atoms with Gasteiger partial charge in [0.2, 0.25) is 6.10 Å². The van der Waals surface area contributed by atoms with E-state index < -0.39 is 23.8 Å². The Hall–Kier alpha value is -4.26. The molecule has 1 aromatic heterocycles. The summed E-state index contributed by atoms with van der Waals surface area (Å²) < 4.78 is 20.5. The highest BCUT2D eigenvalue weighted by molar-refractivity contribution is 6.00. The number of nitrogens with zero attached hydrogens (tertiary/aromatic N) is 1. The van der Waals surface area contributed by atoms with E-state index >= 15 is 0 Å². The maximum absolute atomic E-state index is 13.7. The third-order valence-electron chi connectivity index (χ3n) is 5.94. The second-order valence-electron chi connectivity index (χ2n) is 8.12. The van der Waals surface area contributed by atoms with Gasteiger partial charge in [-0.25, -0.2) is 9.18 Å². The first-order valence-electron chi connectivity index (χ1n) is 11.0. The summed E-state index contributed by atoms with van der Waals surface area (Å²) in [7, 11) is 0. The fourth-order valence-electron chi connectivity index (χ4n) is 4.23. The molecule has 1 unspecified atom stereocenters. The fraction of sp³-hybridized carbons (Fsp3) is 0.148. The van der Waals surface area contributed by atoms with Crippen molar-refractivity contribution >= 4 is 22.8 Å². The molecular weight excluding hydrogens is 435 g/mol. The van der Waals surface area contributed by atoms with Crippen molar-refractivity contribution in [3.8, 4) is 11.1 Å². The molecule has 0 aliphatic carbocycles. The molecule has 1 aliphatic heterocycles. The van der Waals surface area contributed by atoms with Crippen LogP contribution in [0.5, 0.6) is 0 Å². The molecule has 3 aromatic carbocycles. The van der Waals surface area contributed by atoms with Crippen LogP contribution in [0.4, 0.5) is 4.39 Å². The van der Waals surface area contributed by atoms with Gasteiger partial charge in [0.25, 0.3) is 11.5 Å². The normalized spacial score (nSPS) is 14.6. The third kappa shape index (κ3) is 4.08. The molecule has 6 nitrogen and oxygen atoms in total. The number of amides is 1. The number of nitrogens with one attached hydrogen (secondary N) is 1. The van der Waals surface area contributed by atoms with Gasteiger partial charge in [-0.3, -0.25) is 9.59 Å². The second kappa shape index (κ2) is 8.94. The van der Waals surface area contributed by atoms with Crippen molar-refractivity contribution in [2.24, 2.45) is 0 Å². The van der Waals surface area contributed by atoms with Crippen LogP contribution in [0.1, 0.15) is 28.4 Å². The lowest BCUT2D eigenvalue weighted by Gasteiger charge is -2.13. The SMILES string of the molecule is O=C1OC(C(=O)NCCCn2c(=O)ccc3ccc(F)cc32)c2ccc(-c3ccccc3)cc21. The van der Waals surface area contributed by atoms with Gasteiger partial charge in [-0.05, 0) is 53.3 Å². The van der Waals surface area contributed by atoms with Crippen molar-refractivity contribution < 1.29 is 18.7 Å². The zero-order chi connectivity index (χ0) is 23.7. The summed E-state index contributed by atoms with van der Waals surface area (Å²) in [4.78, 5) is 37.4. The Morgan fingerprint density at radius 1 is 0.941 bits per heavy atom.